The summed E-state index contributed by atoms with van der Waals surface area (Å²) in [7, 11) is 0. The fourth-order valence-electron chi connectivity index (χ4n) is 7.07. The Bertz CT molecular complexity index is 624. The molecule has 3 saturated carbocycles. The van der Waals surface area contributed by atoms with E-state index in [0.717, 1.165) is 36.0 Å². The molecule has 26 heavy (non-hydrogen) atoms. The van der Waals surface area contributed by atoms with Gasteiger partial charge in [-0.05, 0) is 92.8 Å². The minimum absolute atomic E-state index is 0.174. The molecule has 7 atom stereocenters. The first kappa shape index (κ1) is 18.1. The van der Waals surface area contributed by atoms with Crippen LogP contribution in [-0.2, 0) is 9.53 Å². The van der Waals surface area contributed by atoms with Crippen molar-refractivity contribution in [3.8, 4) is 12.0 Å². The first-order valence-corrected chi connectivity index (χ1v) is 11.0. The Labute approximate surface area is 159 Å². The van der Waals surface area contributed by atoms with Gasteiger partial charge in [0.1, 0.15) is 6.11 Å². The molecule has 3 fully saturated rings. The molecule has 0 aliphatic heterocycles. The van der Waals surface area contributed by atoms with E-state index in [2.05, 4.69) is 31.1 Å². The van der Waals surface area contributed by atoms with Gasteiger partial charge in [0.15, 0.2) is 0 Å². The van der Waals surface area contributed by atoms with Gasteiger partial charge in [0.25, 0.3) is 0 Å². The first-order chi connectivity index (χ1) is 12.6. The van der Waals surface area contributed by atoms with Gasteiger partial charge < -0.3 is 4.74 Å². The van der Waals surface area contributed by atoms with Crippen molar-refractivity contribution in [2.45, 2.75) is 78.1 Å². The summed E-state index contributed by atoms with van der Waals surface area (Å²) < 4.78 is 5.14. The number of carbonyl (C=O) groups excluding carboxylic acids is 1. The molecule has 1 unspecified atom stereocenters. The van der Waals surface area contributed by atoms with Crippen LogP contribution in [0.15, 0.2) is 12.2 Å². The molecule has 4 rings (SSSR count). The lowest BCUT2D eigenvalue weighted by atomic mass is 9.50. The molecular formula is C24H34O2. The number of carbonyl (C=O) groups is 1. The third-order valence-electron chi connectivity index (χ3n) is 8.38. The second-order valence-electron chi connectivity index (χ2n) is 9.52. The molecule has 0 heterocycles. The van der Waals surface area contributed by atoms with Crippen LogP contribution in [0.5, 0.6) is 0 Å². The zero-order valence-corrected chi connectivity index (χ0v) is 16.5. The van der Waals surface area contributed by atoms with Crippen molar-refractivity contribution in [1.82, 2.24) is 0 Å². The van der Waals surface area contributed by atoms with Crippen LogP contribution in [0.1, 0.15) is 78.1 Å². The minimum Gasteiger partial charge on any atom is -0.372 e. The molecule has 0 radical (unpaired) electrons. The highest BCUT2D eigenvalue weighted by Crippen LogP contribution is 2.63. The van der Waals surface area contributed by atoms with Crippen LogP contribution < -0.4 is 0 Å². The van der Waals surface area contributed by atoms with Crippen molar-refractivity contribution in [3.05, 3.63) is 12.2 Å². The summed E-state index contributed by atoms with van der Waals surface area (Å²) in [5.74, 6) is 8.19. The third kappa shape index (κ3) is 3.12. The molecule has 2 nitrogen and oxygen atoms in total. The smallest absolute Gasteiger partial charge is 0.319 e. The minimum atomic E-state index is -0.174. The van der Waals surface area contributed by atoms with E-state index in [4.69, 9.17) is 4.74 Å². The molecule has 0 saturated heterocycles. The van der Waals surface area contributed by atoms with Crippen LogP contribution in [0, 0.1) is 52.9 Å². The van der Waals surface area contributed by atoms with Crippen LogP contribution in [0.3, 0.4) is 0 Å². The van der Waals surface area contributed by atoms with E-state index in [1.165, 1.54) is 51.4 Å². The maximum atomic E-state index is 11.6. The van der Waals surface area contributed by atoms with Crippen molar-refractivity contribution in [2.24, 2.45) is 40.9 Å². The molecule has 0 aromatic heterocycles. The van der Waals surface area contributed by atoms with Crippen LogP contribution in [-0.4, -0.2) is 5.97 Å². The fraction of sp³-hybridized carbons (Fsp3) is 0.792. The largest absolute Gasteiger partial charge is 0.372 e. The molecule has 0 amide bonds. The van der Waals surface area contributed by atoms with Crippen molar-refractivity contribution >= 4 is 5.97 Å². The maximum Gasteiger partial charge on any atom is 0.319 e. The number of esters is 1. The van der Waals surface area contributed by atoms with E-state index in [9.17, 15) is 4.79 Å². The highest BCUT2D eigenvalue weighted by atomic mass is 16.5. The predicted molar refractivity (Wildman–Crippen MR) is 104 cm³/mol. The lowest BCUT2D eigenvalue weighted by Crippen LogP contribution is -2.47. The zero-order chi connectivity index (χ0) is 18.1. The van der Waals surface area contributed by atoms with Gasteiger partial charge in [-0.15, -0.1) is 0 Å². The maximum absolute atomic E-state index is 11.6. The average molecular weight is 355 g/mol. The lowest BCUT2D eigenvalue weighted by Gasteiger charge is -2.54. The van der Waals surface area contributed by atoms with Gasteiger partial charge in [-0.25, -0.2) is 0 Å². The monoisotopic (exact) mass is 354 g/mol. The number of allylic oxidation sites excluding steroid dienone is 2. The van der Waals surface area contributed by atoms with Gasteiger partial charge >= 0.3 is 5.97 Å². The number of fused-ring (bicyclic) bond motifs is 5. The molecule has 142 valence electrons. The normalized spacial score (nSPS) is 43.5. The second-order valence-corrected chi connectivity index (χ2v) is 9.52. The van der Waals surface area contributed by atoms with Crippen molar-refractivity contribution in [3.63, 3.8) is 0 Å². The Kier molecular flexibility index (Phi) is 5.18. The van der Waals surface area contributed by atoms with Crippen LogP contribution in [0.25, 0.3) is 0 Å². The highest BCUT2D eigenvalue weighted by Gasteiger charge is 2.56. The van der Waals surface area contributed by atoms with Crippen LogP contribution >= 0.6 is 0 Å². The quantitative estimate of drug-likeness (QED) is 0.360. The Hall–Kier alpha value is -1.23. The summed E-state index contributed by atoms with van der Waals surface area (Å²) in [6.45, 7) is 4.48. The molecule has 0 bridgehead atoms. The van der Waals surface area contributed by atoms with Crippen LogP contribution in [0.4, 0.5) is 0 Å². The number of hydrogen-bond acceptors (Lipinski definition) is 2. The Morgan fingerprint density at radius 3 is 2.77 bits per heavy atom. The lowest BCUT2D eigenvalue weighted by molar-refractivity contribution is -0.136. The van der Waals surface area contributed by atoms with E-state index in [1.807, 2.05) is 6.92 Å². The average Bonchev–Trinajstić information content (AvgIpc) is 2.98. The standard InChI is InChI=1S/C24H34O2/c1-3-6-23(25)26-16-14-18-10-12-22-21-11-9-17-7-4-5-8-19(17)20(21)13-15-24(18,22)2/h4-5,17-22H,3,6-13,15H2,1-2H3/t17?,18-,19-,20+,21+,22-,24+/m0/s1. The second kappa shape index (κ2) is 7.41. The summed E-state index contributed by atoms with van der Waals surface area (Å²) >= 11 is 0. The molecule has 4 aliphatic rings. The molecule has 0 spiro atoms. The SMILES string of the molecule is CCCC(=O)OC#C[C@@H]1CC[C@H]2[C@@H]3CCC4CC=CC[C@@H]4[C@H]3CC[C@]12C. The van der Waals surface area contributed by atoms with Gasteiger partial charge in [0.05, 0.1) is 0 Å². The molecule has 0 aromatic rings. The Morgan fingerprint density at radius 1 is 1.08 bits per heavy atom. The molecular weight excluding hydrogens is 320 g/mol. The van der Waals surface area contributed by atoms with Crippen molar-refractivity contribution in [2.75, 3.05) is 0 Å². The van der Waals surface area contributed by atoms with E-state index in [1.54, 1.807) is 0 Å². The van der Waals surface area contributed by atoms with Gasteiger partial charge in [-0.1, -0.05) is 31.9 Å². The summed E-state index contributed by atoms with van der Waals surface area (Å²) in [6.07, 6.45) is 19.7. The topological polar surface area (TPSA) is 26.3 Å². The van der Waals surface area contributed by atoms with Gasteiger partial charge in [-0.2, -0.15) is 0 Å². The number of hydrogen-bond donors (Lipinski definition) is 0. The first-order valence-electron chi connectivity index (χ1n) is 11.0. The summed E-state index contributed by atoms with van der Waals surface area (Å²) in [6, 6.07) is 0. The number of rotatable bonds is 2. The molecule has 4 aliphatic carbocycles. The van der Waals surface area contributed by atoms with Crippen molar-refractivity contribution < 1.29 is 9.53 Å². The highest BCUT2D eigenvalue weighted by molar-refractivity contribution is 5.70. The molecule has 2 heteroatoms. The summed E-state index contributed by atoms with van der Waals surface area (Å²) in [5.41, 5.74) is 0.336. The Morgan fingerprint density at radius 2 is 1.92 bits per heavy atom. The van der Waals surface area contributed by atoms with Crippen LogP contribution in [0.2, 0.25) is 0 Å². The van der Waals surface area contributed by atoms with Gasteiger partial charge in [0, 0.05) is 12.3 Å². The van der Waals surface area contributed by atoms with Gasteiger partial charge in [0.2, 0.25) is 0 Å². The third-order valence-corrected chi connectivity index (χ3v) is 8.38. The predicted octanol–water partition coefficient (Wildman–Crippen LogP) is 5.73. The van der Waals surface area contributed by atoms with E-state index in [-0.39, 0.29) is 5.97 Å². The van der Waals surface area contributed by atoms with Crippen molar-refractivity contribution in [1.29, 1.82) is 0 Å². The number of ether oxygens (including phenoxy) is 1. The van der Waals surface area contributed by atoms with Gasteiger partial charge in [-0.3, -0.25) is 4.79 Å². The summed E-state index contributed by atoms with van der Waals surface area (Å²) in [5, 5.41) is 0. The Balaban J connectivity index is 1.45. The van der Waals surface area contributed by atoms with E-state index in [0.29, 0.717) is 17.8 Å². The van der Waals surface area contributed by atoms with E-state index < -0.39 is 0 Å². The van der Waals surface area contributed by atoms with E-state index >= 15 is 0 Å². The molecule has 0 aromatic carbocycles. The fourth-order valence-corrected chi connectivity index (χ4v) is 7.07. The summed E-state index contributed by atoms with van der Waals surface area (Å²) in [4.78, 5) is 11.6. The zero-order valence-electron chi connectivity index (χ0n) is 16.5. The molecule has 0 N–H and O–H groups in total.